The Morgan fingerprint density at radius 3 is 2.73 bits per heavy atom. The summed E-state index contributed by atoms with van der Waals surface area (Å²) in [5.74, 6) is -2.09. The van der Waals surface area contributed by atoms with E-state index < -0.39 is 29.8 Å². The number of ketones is 1. The van der Waals surface area contributed by atoms with Crippen LogP contribution in [0.4, 0.5) is 14.5 Å². The molecule has 3 aromatic carbocycles. The first-order valence-corrected chi connectivity index (χ1v) is 12.9. The van der Waals surface area contributed by atoms with Crippen molar-refractivity contribution in [1.29, 1.82) is 0 Å². The van der Waals surface area contributed by atoms with Gasteiger partial charge in [-0.3, -0.25) is 19.1 Å². The molecule has 0 unspecified atom stereocenters. The van der Waals surface area contributed by atoms with E-state index in [-0.39, 0.29) is 36.7 Å². The second-order valence-corrected chi connectivity index (χ2v) is 9.91. The third-order valence-corrected chi connectivity index (χ3v) is 7.27. The third-order valence-electron chi connectivity index (χ3n) is 7.27. The summed E-state index contributed by atoms with van der Waals surface area (Å²) in [5.41, 5.74) is 2.61. The van der Waals surface area contributed by atoms with Crippen LogP contribution in [0.5, 0.6) is 0 Å². The van der Waals surface area contributed by atoms with E-state index in [2.05, 4.69) is 15.4 Å². The number of carbonyl (C=O) groups is 3. The number of fused-ring (bicyclic) bond motifs is 2. The average Bonchev–Trinajstić information content (AvgIpc) is 3.66. The number of para-hydroxylation sites is 1. The van der Waals surface area contributed by atoms with Crippen molar-refractivity contribution >= 4 is 45.1 Å². The van der Waals surface area contributed by atoms with Crippen LogP contribution in [0.1, 0.15) is 23.8 Å². The lowest BCUT2D eigenvalue weighted by atomic mass is 10.0. The van der Waals surface area contributed by atoms with Gasteiger partial charge in [0.25, 0.3) is 0 Å². The highest BCUT2D eigenvalue weighted by molar-refractivity contribution is 6.05. The van der Waals surface area contributed by atoms with Gasteiger partial charge in [-0.2, -0.15) is 5.10 Å². The first-order chi connectivity index (χ1) is 19.3. The standard InChI is InChI=1S/C30H25F2N5O3/c1-17(38)29-22-5-2-3-8-25(22)37(35-29)16-27(39)36-15-20(31)14-26(36)30(40)34-24-7-4-6-21(28(24)32)18-9-10-23-19(13-18)11-12-33-23/h2-13,20,26,33H,14-16H2,1H3,(H,34,40)/t20-,26+/m1/s1. The molecule has 1 fully saturated rings. The van der Waals surface area contributed by atoms with Crippen molar-refractivity contribution in [3.05, 3.63) is 84.4 Å². The molecule has 0 spiro atoms. The average molecular weight is 542 g/mol. The molecule has 0 aliphatic carbocycles. The van der Waals surface area contributed by atoms with Crippen molar-refractivity contribution in [2.75, 3.05) is 11.9 Å². The predicted molar refractivity (Wildman–Crippen MR) is 147 cm³/mol. The van der Waals surface area contributed by atoms with Crippen LogP contribution in [-0.4, -0.2) is 56.0 Å². The van der Waals surface area contributed by atoms with Crippen LogP contribution >= 0.6 is 0 Å². The maximum absolute atomic E-state index is 15.6. The Morgan fingerprint density at radius 1 is 1.07 bits per heavy atom. The van der Waals surface area contributed by atoms with E-state index in [1.807, 2.05) is 18.2 Å². The van der Waals surface area contributed by atoms with Gasteiger partial charge in [-0.15, -0.1) is 0 Å². The lowest BCUT2D eigenvalue weighted by molar-refractivity contribution is -0.137. The molecule has 202 valence electrons. The summed E-state index contributed by atoms with van der Waals surface area (Å²) in [4.78, 5) is 42.9. The van der Waals surface area contributed by atoms with Crippen LogP contribution in [0.25, 0.3) is 32.9 Å². The van der Waals surface area contributed by atoms with Gasteiger partial charge in [-0.1, -0.05) is 36.4 Å². The number of rotatable bonds is 6. The number of aromatic nitrogens is 3. The minimum absolute atomic E-state index is 0.0597. The first-order valence-electron chi connectivity index (χ1n) is 12.9. The SMILES string of the molecule is CC(=O)c1nn(CC(=O)N2C[C@H](F)C[C@H]2C(=O)Nc2cccc(-c3ccc4[nH]ccc4c3)c2F)c2ccccc12. The van der Waals surface area contributed by atoms with Crippen molar-refractivity contribution in [3.8, 4) is 11.1 Å². The fourth-order valence-electron chi connectivity index (χ4n) is 5.32. The molecule has 1 aliphatic heterocycles. The van der Waals surface area contributed by atoms with Crippen molar-refractivity contribution in [2.24, 2.45) is 0 Å². The summed E-state index contributed by atoms with van der Waals surface area (Å²) in [6, 6.07) is 17.9. The molecule has 2 amide bonds. The molecular weight excluding hydrogens is 516 g/mol. The number of hydrogen-bond donors (Lipinski definition) is 2. The number of amides is 2. The highest BCUT2D eigenvalue weighted by Gasteiger charge is 2.40. The molecule has 0 saturated carbocycles. The molecule has 6 rings (SSSR count). The predicted octanol–water partition coefficient (Wildman–Crippen LogP) is 5.10. The summed E-state index contributed by atoms with van der Waals surface area (Å²) >= 11 is 0. The molecule has 2 atom stereocenters. The molecule has 2 N–H and O–H groups in total. The van der Waals surface area contributed by atoms with E-state index in [4.69, 9.17) is 0 Å². The number of Topliss-reactive ketones (excluding diaryl/α,β-unsaturated/α-hetero) is 1. The summed E-state index contributed by atoms with van der Waals surface area (Å²) < 4.78 is 31.5. The highest BCUT2D eigenvalue weighted by Crippen LogP contribution is 2.31. The van der Waals surface area contributed by atoms with Crippen molar-refractivity contribution in [2.45, 2.75) is 32.1 Å². The third kappa shape index (κ3) is 4.51. The molecule has 3 heterocycles. The second-order valence-electron chi connectivity index (χ2n) is 9.91. The minimum atomic E-state index is -1.41. The number of aromatic amines is 1. The number of benzene rings is 3. The molecule has 0 radical (unpaired) electrons. The quantitative estimate of drug-likeness (QED) is 0.292. The number of nitrogens with zero attached hydrogens (tertiary/aromatic N) is 3. The molecule has 5 aromatic rings. The molecule has 40 heavy (non-hydrogen) atoms. The zero-order chi connectivity index (χ0) is 28.0. The van der Waals surface area contributed by atoms with E-state index in [0.717, 1.165) is 15.8 Å². The van der Waals surface area contributed by atoms with Gasteiger partial charge in [0.05, 0.1) is 17.7 Å². The maximum atomic E-state index is 15.6. The second kappa shape index (κ2) is 10.0. The molecule has 1 saturated heterocycles. The smallest absolute Gasteiger partial charge is 0.247 e. The topological polar surface area (TPSA) is 100 Å². The number of nitrogens with one attached hydrogen (secondary N) is 2. The number of halogens is 2. The van der Waals surface area contributed by atoms with Gasteiger partial charge in [-0.05, 0) is 41.3 Å². The van der Waals surface area contributed by atoms with Gasteiger partial charge < -0.3 is 15.2 Å². The molecule has 0 bridgehead atoms. The molecule has 10 heteroatoms. The fraction of sp³-hybridized carbons (Fsp3) is 0.200. The van der Waals surface area contributed by atoms with E-state index in [1.54, 1.807) is 48.7 Å². The van der Waals surface area contributed by atoms with Crippen LogP contribution in [0.2, 0.25) is 0 Å². The minimum Gasteiger partial charge on any atom is -0.361 e. The lowest BCUT2D eigenvalue weighted by Gasteiger charge is -2.24. The number of likely N-dealkylation sites (tertiary alicyclic amines) is 1. The monoisotopic (exact) mass is 541 g/mol. The molecule has 2 aromatic heterocycles. The highest BCUT2D eigenvalue weighted by atomic mass is 19.1. The van der Waals surface area contributed by atoms with Gasteiger partial charge in [0.1, 0.15) is 24.5 Å². The van der Waals surface area contributed by atoms with Gasteiger partial charge >= 0.3 is 0 Å². The number of anilines is 1. The fourth-order valence-corrected chi connectivity index (χ4v) is 5.32. The summed E-state index contributed by atoms with van der Waals surface area (Å²) in [6.45, 7) is 0.840. The Balaban J connectivity index is 1.23. The Bertz CT molecular complexity index is 1790. The van der Waals surface area contributed by atoms with Crippen LogP contribution < -0.4 is 5.32 Å². The van der Waals surface area contributed by atoms with Crippen molar-refractivity contribution in [3.63, 3.8) is 0 Å². The maximum Gasteiger partial charge on any atom is 0.247 e. The van der Waals surface area contributed by atoms with E-state index in [9.17, 15) is 18.8 Å². The van der Waals surface area contributed by atoms with E-state index >= 15 is 4.39 Å². The normalized spacial score (nSPS) is 17.0. The van der Waals surface area contributed by atoms with E-state index in [0.29, 0.717) is 22.0 Å². The van der Waals surface area contributed by atoms with Gasteiger partial charge in [0.2, 0.25) is 11.8 Å². The van der Waals surface area contributed by atoms with E-state index in [1.165, 1.54) is 17.7 Å². The van der Waals surface area contributed by atoms with Crippen LogP contribution in [-0.2, 0) is 16.1 Å². The lowest BCUT2D eigenvalue weighted by Crippen LogP contribution is -2.44. The Hall–Kier alpha value is -4.86. The summed E-state index contributed by atoms with van der Waals surface area (Å²) in [6.07, 6.45) is 0.179. The largest absolute Gasteiger partial charge is 0.361 e. The van der Waals surface area contributed by atoms with Gasteiger partial charge in [-0.25, -0.2) is 8.78 Å². The summed E-state index contributed by atoms with van der Waals surface area (Å²) in [7, 11) is 0. The number of hydrogen-bond acceptors (Lipinski definition) is 4. The van der Waals surface area contributed by atoms with Crippen LogP contribution in [0.3, 0.4) is 0 Å². The Labute approximate surface area is 227 Å². The van der Waals surface area contributed by atoms with Crippen molar-refractivity contribution < 1.29 is 23.2 Å². The van der Waals surface area contributed by atoms with Crippen LogP contribution in [0.15, 0.2) is 72.9 Å². The van der Waals surface area contributed by atoms with Crippen LogP contribution in [0, 0.1) is 5.82 Å². The van der Waals surface area contributed by atoms with Gasteiger partial charge in [0.15, 0.2) is 11.6 Å². The first kappa shape index (κ1) is 25.4. The number of carbonyl (C=O) groups excluding carboxylic acids is 3. The Kier molecular flexibility index (Phi) is 6.37. The zero-order valence-corrected chi connectivity index (χ0v) is 21.5. The molecule has 8 nitrogen and oxygen atoms in total. The Morgan fingerprint density at radius 2 is 1.90 bits per heavy atom. The van der Waals surface area contributed by atoms with Gasteiger partial charge in [0, 0.05) is 36.0 Å². The number of alkyl halides is 1. The summed E-state index contributed by atoms with van der Waals surface area (Å²) in [5, 5.41) is 8.38. The zero-order valence-electron chi connectivity index (χ0n) is 21.5. The van der Waals surface area contributed by atoms with Crippen molar-refractivity contribution in [1.82, 2.24) is 19.7 Å². The number of H-pyrrole nitrogens is 1. The molecule has 1 aliphatic rings. The molecular formula is C30H25F2N5O3.